The third-order valence-corrected chi connectivity index (χ3v) is 6.36. The van der Waals surface area contributed by atoms with Gasteiger partial charge in [0.25, 0.3) is 5.91 Å². The summed E-state index contributed by atoms with van der Waals surface area (Å²) in [5.41, 5.74) is 1.73. The first-order chi connectivity index (χ1) is 12.3. The number of hydrogen-bond acceptors (Lipinski definition) is 5. The van der Waals surface area contributed by atoms with Gasteiger partial charge in [-0.2, -0.15) is 9.40 Å². The molecule has 26 heavy (non-hydrogen) atoms. The number of aromatic nitrogens is 2. The summed E-state index contributed by atoms with van der Waals surface area (Å²) in [5, 5.41) is 6.91. The number of rotatable bonds is 4. The molecule has 9 heteroatoms. The number of amides is 1. The second-order valence-corrected chi connectivity index (χ2v) is 8.42. The molecule has 0 saturated carbocycles. The van der Waals surface area contributed by atoms with Gasteiger partial charge < -0.3 is 10.2 Å². The molecule has 1 saturated heterocycles. The fourth-order valence-electron chi connectivity index (χ4n) is 2.91. The predicted octanol–water partition coefficient (Wildman–Crippen LogP) is 0.917. The molecule has 1 aromatic carbocycles. The molecule has 8 nitrogen and oxygen atoms in total. The van der Waals surface area contributed by atoms with E-state index in [9.17, 15) is 13.2 Å². The lowest BCUT2D eigenvalue weighted by molar-refractivity contribution is 0.101. The van der Waals surface area contributed by atoms with Gasteiger partial charge in [0.2, 0.25) is 10.0 Å². The molecule has 1 amide bonds. The number of sulfonamides is 1. The molecule has 0 bridgehead atoms. The number of carbonyl (C=O) groups excluding carboxylic acids is 1. The highest BCUT2D eigenvalue weighted by Gasteiger charge is 2.27. The minimum Gasteiger partial charge on any atom is -0.321 e. The normalized spacial score (nSPS) is 16.6. The van der Waals surface area contributed by atoms with E-state index in [1.54, 1.807) is 25.2 Å². The van der Waals surface area contributed by atoms with E-state index in [0.29, 0.717) is 24.5 Å². The Morgan fingerprint density at radius 3 is 2.23 bits per heavy atom. The lowest BCUT2D eigenvalue weighted by Gasteiger charge is -2.31. The van der Waals surface area contributed by atoms with Crippen molar-refractivity contribution in [3.05, 3.63) is 41.7 Å². The van der Waals surface area contributed by atoms with Crippen LogP contribution in [0.5, 0.6) is 0 Å². The predicted molar refractivity (Wildman–Crippen MR) is 98.6 cm³/mol. The lowest BCUT2D eigenvalue weighted by Crippen LogP contribution is -2.46. The molecule has 0 radical (unpaired) electrons. The van der Waals surface area contributed by atoms with Crippen molar-refractivity contribution in [2.75, 3.05) is 38.5 Å². The number of hydrogen-bond donors (Lipinski definition) is 1. The molecule has 0 unspecified atom stereocenters. The van der Waals surface area contributed by atoms with Crippen LogP contribution in [0, 0.1) is 6.92 Å². The number of aryl methyl sites for hydroxylation is 2. The smallest absolute Gasteiger partial charge is 0.273 e. The first-order valence-corrected chi connectivity index (χ1v) is 9.82. The molecule has 140 valence electrons. The molecule has 2 heterocycles. The zero-order valence-electron chi connectivity index (χ0n) is 15.1. The minimum absolute atomic E-state index is 0.233. The Morgan fingerprint density at radius 2 is 1.69 bits per heavy atom. The van der Waals surface area contributed by atoms with Gasteiger partial charge in [-0.25, -0.2) is 8.42 Å². The first kappa shape index (κ1) is 18.6. The van der Waals surface area contributed by atoms with Crippen LogP contribution in [-0.4, -0.2) is 66.5 Å². The van der Waals surface area contributed by atoms with Gasteiger partial charge in [-0.1, -0.05) is 0 Å². The van der Waals surface area contributed by atoms with Crippen LogP contribution in [0.1, 0.15) is 16.2 Å². The maximum atomic E-state index is 12.7. The SMILES string of the molecule is Cc1cc(C(=O)Nc2ccc(S(=O)(=O)N3CCN(C)CC3)cc2)n(C)n1. The van der Waals surface area contributed by atoms with E-state index in [-0.39, 0.29) is 10.8 Å². The van der Waals surface area contributed by atoms with Crippen molar-refractivity contribution in [1.29, 1.82) is 0 Å². The van der Waals surface area contributed by atoms with Crippen LogP contribution < -0.4 is 5.32 Å². The zero-order chi connectivity index (χ0) is 18.9. The quantitative estimate of drug-likeness (QED) is 0.856. The fraction of sp³-hybridized carbons (Fsp3) is 0.412. The fourth-order valence-corrected chi connectivity index (χ4v) is 4.33. The number of piperazine rings is 1. The van der Waals surface area contributed by atoms with Crippen molar-refractivity contribution in [2.45, 2.75) is 11.8 Å². The maximum absolute atomic E-state index is 12.7. The lowest BCUT2D eigenvalue weighted by atomic mass is 10.3. The third kappa shape index (κ3) is 3.79. The topological polar surface area (TPSA) is 87.5 Å². The molecular weight excluding hydrogens is 354 g/mol. The largest absolute Gasteiger partial charge is 0.321 e. The summed E-state index contributed by atoms with van der Waals surface area (Å²) in [6.45, 7) is 4.22. The zero-order valence-corrected chi connectivity index (χ0v) is 16.0. The van der Waals surface area contributed by atoms with Gasteiger partial charge in [-0.05, 0) is 44.3 Å². The number of nitrogens with one attached hydrogen (secondary N) is 1. The maximum Gasteiger partial charge on any atom is 0.273 e. The van der Waals surface area contributed by atoms with Crippen molar-refractivity contribution in [3.8, 4) is 0 Å². The van der Waals surface area contributed by atoms with E-state index in [4.69, 9.17) is 0 Å². The van der Waals surface area contributed by atoms with Crippen molar-refractivity contribution in [3.63, 3.8) is 0 Å². The van der Waals surface area contributed by atoms with Gasteiger partial charge in [0.05, 0.1) is 10.6 Å². The van der Waals surface area contributed by atoms with Crippen LogP contribution in [0.4, 0.5) is 5.69 Å². The number of nitrogens with zero attached hydrogens (tertiary/aromatic N) is 4. The molecule has 2 aromatic rings. The van der Waals surface area contributed by atoms with Crippen LogP contribution in [0.2, 0.25) is 0 Å². The molecule has 0 aliphatic carbocycles. The number of carbonyl (C=O) groups is 1. The van der Waals surface area contributed by atoms with Gasteiger partial charge in [0.1, 0.15) is 5.69 Å². The van der Waals surface area contributed by atoms with E-state index in [2.05, 4.69) is 15.3 Å². The summed E-state index contributed by atoms with van der Waals surface area (Å²) < 4.78 is 28.4. The molecule has 1 aromatic heterocycles. The van der Waals surface area contributed by atoms with E-state index in [1.165, 1.54) is 21.1 Å². The van der Waals surface area contributed by atoms with Crippen molar-refractivity contribution in [2.24, 2.45) is 7.05 Å². The first-order valence-electron chi connectivity index (χ1n) is 8.38. The Kier molecular flexibility index (Phi) is 5.12. The molecule has 0 spiro atoms. The van der Waals surface area contributed by atoms with Crippen LogP contribution in [0.3, 0.4) is 0 Å². The second-order valence-electron chi connectivity index (χ2n) is 6.48. The third-order valence-electron chi connectivity index (χ3n) is 4.45. The van der Waals surface area contributed by atoms with Gasteiger partial charge in [0, 0.05) is 38.9 Å². The summed E-state index contributed by atoms with van der Waals surface area (Å²) in [7, 11) is 0.173. The minimum atomic E-state index is -3.51. The van der Waals surface area contributed by atoms with E-state index in [0.717, 1.165) is 18.8 Å². The van der Waals surface area contributed by atoms with Crippen LogP contribution in [0.25, 0.3) is 0 Å². The van der Waals surface area contributed by atoms with Crippen LogP contribution in [0.15, 0.2) is 35.2 Å². The van der Waals surface area contributed by atoms with Crippen LogP contribution in [-0.2, 0) is 17.1 Å². The van der Waals surface area contributed by atoms with E-state index >= 15 is 0 Å². The molecule has 3 rings (SSSR count). The highest BCUT2D eigenvalue weighted by Crippen LogP contribution is 2.20. The summed E-state index contributed by atoms with van der Waals surface area (Å²) in [6, 6.07) is 7.95. The molecule has 1 aliphatic heterocycles. The number of benzene rings is 1. The standard InChI is InChI=1S/C17H23N5O3S/c1-13-12-16(21(3)19-13)17(23)18-14-4-6-15(7-5-14)26(24,25)22-10-8-20(2)9-11-22/h4-7,12H,8-11H2,1-3H3,(H,18,23). The van der Waals surface area contributed by atoms with Crippen molar-refractivity contribution >= 4 is 21.6 Å². The highest BCUT2D eigenvalue weighted by molar-refractivity contribution is 7.89. The average molecular weight is 377 g/mol. The van der Waals surface area contributed by atoms with E-state index < -0.39 is 10.0 Å². The molecule has 1 N–H and O–H groups in total. The van der Waals surface area contributed by atoms with Gasteiger partial charge >= 0.3 is 0 Å². The summed E-state index contributed by atoms with van der Waals surface area (Å²) in [4.78, 5) is 14.6. The second kappa shape index (κ2) is 7.18. The molecule has 1 fully saturated rings. The Labute approximate surface area is 153 Å². The monoisotopic (exact) mass is 377 g/mol. The Hall–Kier alpha value is -2.23. The molecule has 1 aliphatic rings. The van der Waals surface area contributed by atoms with Crippen molar-refractivity contribution < 1.29 is 13.2 Å². The van der Waals surface area contributed by atoms with Crippen LogP contribution >= 0.6 is 0 Å². The molecule has 0 atom stereocenters. The van der Waals surface area contributed by atoms with E-state index in [1.807, 2.05) is 14.0 Å². The molecular formula is C17H23N5O3S. The summed E-state index contributed by atoms with van der Waals surface area (Å²) in [6.07, 6.45) is 0. The Morgan fingerprint density at radius 1 is 1.08 bits per heavy atom. The summed E-state index contributed by atoms with van der Waals surface area (Å²) in [5.74, 6) is -0.289. The van der Waals surface area contributed by atoms with Gasteiger partial charge in [-0.3, -0.25) is 9.48 Å². The number of anilines is 1. The number of likely N-dealkylation sites (N-methyl/N-ethyl adjacent to an activating group) is 1. The van der Waals surface area contributed by atoms with Crippen molar-refractivity contribution in [1.82, 2.24) is 19.0 Å². The average Bonchev–Trinajstić information content (AvgIpc) is 2.94. The summed E-state index contributed by atoms with van der Waals surface area (Å²) >= 11 is 0. The van der Waals surface area contributed by atoms with Gasteiger partial charge in [-0.15, -0.1) is 0 Å². The highest BCUT2D eigenvalue weighted by atomic mass is 32.2. The Bertz CT molecular complexity index is 897. The Balaban J connectivity index is 1.72. The van der Waals surface area contributed by atoms with Gasteiger partial charge in [0.15, 0.2) is 0 Å².